The van der Waals surface area contributed by atoms with Crippen LogP contribution in [0.15, 0.2) is 66.0 Å². The van der Waals surface area contributed by atoms with Crippen molar-refractivity contribution in [3.8, 4) is 5.69 Å². The minimum atomic E-state index is -0.103. The molecule has 3 aromatic rings. The largest absolute Gasteiger partial charge is 0.357 e. The van der Waals surface area contributed by atoms with Gasteiger partial charge in [-0.15, -0.1) is 0 Å². The minimum absolute atomic E-state index is 0.103. The zero-order valence-electron chi connectivity index (χ0n) is 18.0. The van der Waals surface area contributed by atoms with Gasteiger partial charge in [-0.25, -0.2) is 9.67 Å². The number of hydrogen-bond donors (Lipinski definition) is 3. The molecular weight excluding hydrogens is 390 g/mol. The van der Waals surface area contributed by atoms with E-state index in [2.05, 4.69) is 55.3 Å². The Morgan fingerprint density at radius 3 is 2.65 bits per heavy atom. The topological polar surface area (TPSA) is 96.2 Å². The number of nitrogens with zero attached hydrogens (tertiary/aromatic N) is 4. The third-order valence-corrected chi connectivity index (χ3v) is 4.54. The molecule has 31 heavy (non-hydrogen) atoms. The van der Waals surface area contributed by atoms with Crippen molar-refractivity contribution in [1.82, 2.24) is 25.4 Å². The second kappa shape index (κ2) is 11.5. The molecule has 3 rings (SSSR count). The maximum Gasteiger partial charge on any atom is 0.227 e. The van der Waals surface area contributed by atoms with Crippen LogP contribution in [0, 0.1) is 6.92 Å². The number of carbonyl (C=O) groups is 1. The zero-order valence-corrected chi connectivity index (χ0v) is 18.0. The quantitative estimate of drug-likeness (QED) is 0.366. The lowest BCUT2D eigenvalue weighted by atomic mass is 10.1. The summed E-state index contributed by atoms with van der Waals surface area (Å²) in [5.41, 5.74) is 3.32. The van der Waals surface area contributed by atoms with Crippen molar-refractivity contribution in [3.05, 3.63) is 72.2 Å². The normalized spacial score (nSPS) is 11.2. The number of anilines is 1. The number of aromatic nitrogens is 3. The minimum Gasteiger partial charge on any atom is -0.357 e. The van der Waals surface area contributed by atoms with Gasteiger partial charge in [-0.2, -0.15) is 5.10 Å². The Labute approximate surface area is 182 Å². The highest BCUT2D eigenvalue weighted by Crippen LogP contribution is 2.09. The van der Waals surface area contributed by atoms with Crippen LogP contribution < -0.4 is 16.0 Å². The van der Waals surface area contributed by atoms with Crippen LogP contribution in [-0.2, 0) is 11.2 Å². The summed E-state index contributed by atoms with van der Waals surface area (Å²) in [4.78, 5) is 20.8. The van der Waals surface area contributed by atoms with E-state index in [-0.39, 0.29) is 5.91 Å². The van der Waals surface area contributed by atoms with Gasteiger partial charge in [-0.3, -0.25) is 9.79 Å². The van der Waals surface area contributed by atoms with Gasteiger partial charge in [-0.1, -0.05) is 18.2 Å². The van der Waals surface area contributed by atoms with E-state index < -0.39 is 0 Å². The third kappa shape index (κ3) is 7.26. The van der Waals surface area contributed by atoms with E-state index >= 15 is 0 Å². The molecule has 3 N–H and O–H groups in total. The highest BCUT2D eigenvalue weighted by Gasteiger charge is 2.04. The monoisotopic (exact) mass is 419 g/mol. The Balaban J connectivity index is 1.42. The second-order valence-electron chi connectivity index (χ2n) is 7.07. The first-order chi connectivity index (χ1) is 15.1. The van der Waals surface area contributed by atoms with E-state index in [9.17, 15) is 4.79 Å². The Kier molecular flexibility index (Phi) is 8.16. The van der Waals surface area contributed by atoms with Crippen molar-refractivity contribution in [2.24, 2.45) is 4.99 Å². The molecule has 0 saturated carbocycles. The van der Waals surface area contributed by atoms with E-state index in [0.717, 1.165) is 30.8 Å². The number of benzene rings is 1. The number of amides is 1. The van der Waals surface area contributed by atoms with E-state index in [0.29, 0.717) is 24.7 Å². The maximum atomic E-state index is 12.1. The van der Waals surface area contributed by atoms with Crippen LogP contribution in [-0.4, -0.2) is 46.3 Å². The molecule has 0 aliphatic rings. The average Bonchev–Trinajstić information content (AvgIpc) is 3.31. The van der Waals surface area contributed by atoms with E-state index in [1.54, 1.807) is 18.5 Å². The molecule has 8 nitrogen and oxygen atoms in total. The first kappa shape index (κ1) is 22.0. The summed E-state index contributed by atoms with van der Waals surface area (Å²) in [6.07, 6.45) is 6.58. The molecule has 2 aromatic heterocycles. The van der Waals surface area contributed by atoms with Crippen molar-refractivity contribution in [1.29, 1.82) is 0 Å². The number of rotatable bonds is 9. The smallest absolute Gasteiger partial charge is 0.227 e. The first-order valence-corrected chi connectivity index (χ1v) is 10.5. The number of carbonyl (C=O) groups excluding carboxylic acids is 1. The fraction of sp³-hybridized carbons (Fsp3) is 0.304. The first-order valence-electron chi connectivity index (χ1n) is 10.5. The molecule has 0 aliphatic heterocycles. The summed E-state index contributed by atoms with van der Waals surface area (Å²) in [5, 5.41) is 13.6. The Morgan fingerprint density at radius 2 is 1.97 bits per heavy atom. The summed E-state index contributed by atoms with van der Waals surface area (Å²) in [6.45, 7) is 5.86. The molecule has 8 heteroatoms. The molecule has 2 heterocycles. The highest BCUT2D eigenvalue weighted by molar-refractivity contribution is 5.90. The van der Waals surface area contributed by atoms with Crippen molar-refractivity contribution in [3.63, 3.8) is 0 Å². The molecule has 162 valence electrons. The average molecular weight is 420 g/mol. The van der Waals surface area contributed by atoms with Gasteiger partial charge >= 0.3 is 0 Å². The van der Waals surface area contributed by atoms with Crippen LogP contribution in [0.1, 0.15) is 24.5 Å². The number of pyridine rings is 1. The summed E-state index contributed by atoms with van der Waals surface area (Å²) < 4.78 is 1.84. The molecule has 0 unspecified atom stereocenters. The zero-order chi connectivity index (χ0) is 21.9. The molecule has 0 atom stereocenters. The van der Waals surface area contributed by atoms with E-state index in [1.807, 2.05) is 36.9 Å². The number of aliphatic imine (C=N–C) groups is 1. The molecule has 0 bridgehead atoms. The highest BCUT2D eigenvalue weighted by atomic mass is 16.1. The maximum absolute atomic E-state index is 12.1. The molecular formula is C23H29N7O. The van der Waals surface area contributed by atoms with Gasteiger partial charge in [0.05, 0.1) is 12.2 Å². The fourth-order valence-electron chi connectivity index (χ4n) is 2.92. The van der Waals surface area contributed by atoms with Crippen LogP contribution in [0.2, 0.25) is 0 Å². The molecule has 0 saturated heterocycles. The van der Waals surface area contributed by atoms with Crippen LogP contribution in [0.4, 0.5) is 5.82 Å². The van der Waals surface area contributed by atoms with Crippen molar-refractivity contribution in [2.75, 3.05) is 25.0 Å². The Hall–Kier alpha value is -3.68. The molecule has 1 aromatic carbocycles. The van der Waals surface area contributed by atoms with Crippen LogP contribution in [0.25, 0.3) is 5.69 Å². The molecule has 0 radical (unpaired) electrons. The van der Waals surface area contributed by atoms with Crippen LogP contribution in [0.5, 0.6) is 0 Å². The van der Waals surface area contributed by atoms with Gasteiger partial charge in [0.25, 0.3) is 0 Å². The van der Waals surface area contributed by atoms with Crippen molar-refractivity contribution in [2.45, 2.75) is 26.7 Å². The van der Waals surface area contributed by atoms with E-state index in [4.69, 9.17) is 0 Å². The number of guanidine groups is 1. The number of aryl methyl sites for hydroxylation is 1. The van der Waals surface area contributed by atoms with Gasteiger partial charge < -0.3 is 16.0 Å². The lowest BCUT2D eigenvalue weighted by molar-refractivity contribution is -0.116. The SMILES string of the molecule is CCNC(=NCCC(=O)Nc1ccc(C)cn1)NCCc1ccc(-n2cccn2)cc1. The standard InChI is InChI=1S/C23H29N7O/c1-3-24-23(26-15-12-22(31)29-21-10-5-18(2)17-27-21)25-14-11-19-6-8-20(9-7-19)30-16-4-13-28-30/h4-10,13,16-17H,3,11-12,14-15H2,1-2H3,(H2,24,25,26)(H,27,29,31). The van der Waals surface area contributed by atoms with E-state index in [1.165, 1.54) is 5.56 Å². The van der Waals surface area contributed by atoms with Gasteiger partial charge in [0, 0.05) is 38.1 Å². The van der Waals surface area contributed by atoms with Crippen molar-refractivity contribution < 1.29 is 4.79 Å². The summed E-state index contributed by atoms with van der Waals surface area (Å²) >= 11 is 0. The predicted octanol–water partition coefficient (Wildman–Crippen LogP) is 2.70. The molecule has 0 fully saturated rings. The van der Waals surface area contributed by atoms with Crippen molar-refractivity contribution >= 4 is 17.7 Å². The van der Waals surface area contributed by atoms with Gasteiger partial charge in [-0.05, 0) is 55.7 Å². The predicted molar refractivity (Wildman–Crippen MR) is 123 cm³/mol. The summed E-state index contributed by atoms with van der Waals surface area (Å²) in [5.74, 6) is 1.16. The van der Waals surface area contributed by atoms with Crippen LogP contribution >= 0.6 is 0 Å². The molecule has 0 spiro atoms. The second-order valence-corrected chi connectivity index (χ2v) is 7.07. The van der Waals surface area contributed by atoms with Gasteiger partial charge in [0.15, 0.2) is 5.96 Å². The Morgan fingerprint density at radius 1 is 1.13 bits per heavy atom. The third-order valence-electron chi connectivity index (χ3n) is 4.54. The summed E-state index contributed by atoms with van der Waals surface area (Å²) in [6, 6.07) is 13.9. The lowest BCUT2D eigenvalue weighted by Crippen LogP contribution is -2.38. The lowest BCUT2D eigenvalue weighted by Gasteiger charge is -2.11. The van der Waals surface area contributed by atoms with Gasteiger partial charge in [0.2, 0.25) is 5.91 Å². The van der Waals surface area contributed by atoms with Crippen LogP contribution in [0.3, 0.4) is 0 Å². The number of nitrogens with one attached hydrogen (secondary N) is 3. The Bertz CT molecular complexity index is 964. The molecule has 0 aliphatic carbocycles. The summed E-state index contributed by atoms with van der Waals surface area (Å²) in [7, 11) is 0. The molecule has 1 amide bonds. The fourth-order valence-corrected chi connectivity index (χ4v) is 2.92. The van der Waals surface area contributed by atoms with Gasteiger partial charge in [0.1, 0.15) is 5.82 Å². The number of hydrogen-bond acceptors (Lipinski definition) is 4.